The van der Waals surface area contributed by atoms with E-state index in [4.69, 9.17) is 15.9 Å². The molecule has 0 fully saturated rings. The molecule has 0 aliphatic rings. The number of hydrogen-bond acceptors (Lipinski definition) is 3. The smallest absolute Gasteiger partial charge is 0.303 e. The average Bonchev–Trinajstić information content (AvgIpc) is 2.41. The molecule has 0 saturated carbocycles. The third-order valence-electron chi connectivity index (χ3n) is 2.77. The van der Waals surface area contributed by atoms with Crippen molar-refractivity contribution in [3.05, 3.63) is 36.5 Å². The van der Waals surface area contributed by atoms with Gasteiger partial charge < -0.3 is 15.9 Å². The fraction of sp³-hybridized carbons (Fsp3) is 0.562. The van der Waals surface area contributed by atoms with E-state index in [0.29, 0.717) is 6.42 Å². The van der Waals surface area contributed by atoms with Gasteiger partial charge in [-0.3, -0.25) is 4.79 Å². The van der Waals surface area contributed by atoms with Gasteiger partial charge in [-0.25, -0.2) is 0 Å². The summed E-state index contributed by atoms with van der Waals surface area (Å²) in [6, 6.07) is 0.0365. The molecule has 0 aromatic rings. The van der Waals surface area contributed by atoms with Gasteiger partial charge in [0.15, 0.2) is 0 Å². The topological polar surface area (TPSA) is 83.5 Å². The van der Waals surface area contributed by atoms with Gasteiger partial charge in [0.1, 0.15) is 0 Å². The lowest BCUT2D eigenvalue weighted by Gasteiger charge is -2.04. The maximum atomic E-state index is 10.3. The van der Waals surface area contributed by atoms with Crippen LogP contribution in [0.15, 0.2) is 36.5 Å². The van der Waals surface area contributed by atoms with Crippen molar-refractivity contribution >= 4 is 5.97 Å². The van der Waals surface area contributed by atoms with Crippen molar-refractivity contribution in [2.45, 2.75) is 51.0 Å². The quantitative estimate of drug-likeness (QED) is 0.292. The van der Waals surface area contributed by atoms with Crippen LogP contribution in [0.1, 0.15) is 44.9 Å². The second kappa shape index (κ2) is 14.0. The molecule has 0 amide bonds. The maximum absolute atomic E-state index is 10.3. The second-order valence-corrected chi connectivity index (χ2v) is 4.69. The summed E-state index contributed by atoms with van der Waals surface area (Å²) in [5.74, 6) is -0.729. The van der Waals surface area contributed by atoms with Crippen molar-refractivity contribution in [1.82, 2.24) is 0 Å². The van der Waals surface area contributed by atoms with E-state index in [1.807, 2.05) is 36.5 Å². The normalized spacial score (nSPS) is 13.7. The molecule has 0 bridgehead atoms. The summed E-state index contributed by atoms with van der Waals surface area (Å²) in [4.78, 5) is 10.3. The Labute approximate surface area is 121 Å². The summed E-state index contributed by atoms with van der Waals surface area (Å²) in [6.07, 6.45) is 17.2. The first kappa shape index (κ1) is 18.6. The van der Waals surface area contributed by atoms with Crippen molar-refractivity contribution in [2.75, 3.05) is 6.61 Å². The lowest BCUT2D eigenvalue weighted by atomic mass is 10.1. The number of carboxylic acids is 1. The molecular formula is C16H27NO3. The molecule has 114 valence electrons. The number of carboxylic acid groups (broad SMARTS) is 1. The zero-order valence-electron chi connectivity index (χ0n) is 12.1. The van der Waals surface area contributed by atoms with E-state index >= 15 is 0 Å². The van der Waals surface area contributed by atoms with Crippen LogP contribution >= 0.6 is 0 Å². The summed E-state index contributed by atoms with van der Waals surface area (Å²) >= 11 is 0. The maximum Gasteiger partial charge on any atom is 0.303 e. The van der Waals surface area contributed by atoms with Crippen molar-refractivity contribution in [1.29, 1.82) is 0 Å². The predicted molar refractivity (Wildman–Crippen MR) is 82.4 cm³/mol. The molecule has 0 aliphatic heterocycles. The Kier molecular flexibility index (Phi) is 13.1. The van der Waals surface area contributed by atoms with Crippen LogP contribution < -0.4 is 5.73 Å². The molecule has 0 heterocycles. The number of rotatable bonds is 12. The number of unbranched alkanes of at least 4 members (excludes halogenated alkanes) is 2. The van der Waals surface area contributed by atoms with Crippen LogP contribution in [0.4, 0.5) is 0 Å². The molecule has 4 N–H and O–H groups in total. The Bertz CT molecular complexity index is 322. The zero-order chi connectivity index (χ0) is 15.1. The fourth-order valence-corrected chi connectivity index (χ4v) is 1.66. The average molecular weight is 281 g/mol. The second-order valence-electron chi connectivity index (χ2n) is 4.69. The molecule has 20 heavy (non-hydrogen) atoms. The first-order chi connectivity index (χ1) is 9.66. The third-order valence-corrected chi connectivity index (χ3v) is 2.77. The predicted octanol–water partition coefficient (Wildman–Crippen LogP) is 2.79. The Morgan fingerprint density at radius 3 is 2.60 bits per heavy atom. The summed E-state index contributed by atoms with van der Waals surface area (Å²) in [6.45, 7) is 0.196. The summed E-state index contributed by atoms with van der Waals surface area (Å²) < 4.78 is 0. The Balaban J connectivity index is 3.54. The highest BCUT2D eigenvalue weighted by molar-refractivity contribution is 5.66. The number of nitrogens with two attached hydrogens (primary N) is 1. The molecule has 0 aliphatic carbocycles. The van der Waals surface area contributed by atoms with E-state index in [1.54, 1.807) is 0 Å². The van der Waals surface area contributed by atoms with Crippen LogP contribution in [0.25, 0.3) is 0 Å². The van der Waals surface area contributed by atoms with Crippen molar-refractivity contribution < 1.29 is 15.0 Å². The first-order valence-corrected chi connectivity index (χ1v) is 7.23. The van der Waals surface area contributed by atoms with E-state index in [9.17, 15) is 4.79 Å². The van der Waals surface area contributed by atoms with E-state index in [0.717, 1.165) is 32.1 Å². The number of aliphatic hydroxyl groups is 1. The number of aliphatic carboxylic acids is 1. The van der Waals surface area contributed by atoms with Crippen molar-refractivity contribution in [3.63, 3.8) is 0 Å². The number of carbonyl (C=O) groups is 1. The highest BCUT2D eigenvalue weighted by atomic mass is 16.4. The largest absolute Gasteiger partial charge is 0.481 e. The SMILES string of the molecule is NC(/C=C/C=C\C/C=C\CCO)CCCCCC(=O)O. The van der Waals surface area contributed by atoms with Crippen LogP contribution in [-0.4, -0.2) is 28.8 Å². The minimum Gasteiger partial charge on any atom is -0.481 e. The third kappa shape index (κ3) is 14.7. The van der Waals surface area contributed by atoms with Crippen LogP contribution in [0.5, 0.6) is 0 Å². The molecule has 0 rings (SSSR count). The van der Waals surface area contributed by atoms with Crippen molar-refractivity contribution in [2.24, 2.45) is 5.73 Å². The van der Waals surface area contributed by atoms with Crippen LogP contribution in [0.3, 0.4) is 0 Å². The molecule has 0 aromatic heterocycles. The van der Waals surface area contributed by atoms with Gasteiger partial charge in [-0.15, -0.1) is 0 Å². The number of allylic oxidation sites excluding steroid dienone is 4. The molecule has 4 nitrogen and oxygen atoms in total. The molecule has 1 atom stereocenters. The van der Waals surface area contributed by atoms with Gasteiger partial charge in [-0.1, -0.05) is 49.3 Å². The standard InChI is InChI=1S/C16H27NO3/c17-15(12-8-6-9-13-16(19)20)11-7-4-2-1-3-5-10-14-18/h2-5,7,11,15,18H,1,6,8-10,12-14,17H2,(H,19,20)/b4-2-,5-3-,11-7+. The summed E-state index contributed by atoms with van der Waals surface area (Å²) in [7, 11) is 0. The van der Waals surface area contributed by atoms with Gasteiger partial charge in [0.25, 0.3) is 0 Å². The lowest BCUT2D eigenvalue weighted by molar-refractivity contribution is -0.137. The molecular weight excluding hydrogens is 254 g/mol. The molecule has 0 aromatic carbocycles. The number of hydrogen-bond donors (Lipinski definition) is 3. The Morgan fingerprint density at radius 2 is 1.90 bits per heavy atom. The molecule has 0 saturated heterocycles. The van der Waals surface area contributed by atoms with Gasteiger partial charge in [0, 0.05) is 19.1 Å². The van der Waals surface area contributed by atoms with Gasteiger partial charge in [-0.2, -0.15) is 0 Å². The highest BCUT2D eigenvalue weighted by Crippen LogP contribution is 2.05. The zero-order valence-corrected chi connectivity index (χ0v) is 12.1. The van der Waals surface area contributed by atoms with Crippen LogP contribution in [0.2, 0.25) is 0 Å². The van der Waals surface area contributed by atoms with E-state index in [2.05, 4.69) is 0 Å². The lowest BCUT2D eigenvalue weighted by Crippen LogP contribution is -2.16. The fourth-order valence-electron chi connectivity index (χ4n) is 1.66. The van der Waals surface area contributed by atoms with E-state index < -0.39 is 5.97 Å². The monoisotopic (exact) mass is 281 g/mol. The summed E-state index contributed by atoms with van der Waals surface area (Å²) in [5.41, 5.74) is 5.92. The Hall–Kier alpha value is -1.39. The van der Waals surface area contributed by atoms with Gasteiger partial charge in [-0.05, 0) is 25.7 Å². The molecule has 0 spiro atoms. The molecule has 4 heteroatoms. The van der Waals surface area contributed by atoms with E-state index in [1.165, 1.54) is 0 Å². The summed E-state index contributed by atoms with van der Waals surface area (Å²) in [5, 5.41) is 17.1. The van der Waals surface area contributed by atoms with Crippen LogP contribution in [0, 0.1) is 0 Å². The van der Waals surface area contributed by atoms with Gasteiger partial charge in [0.2, 0.25) is 0 Å². The van der Waals surface area contributed by atoms with Crippen LogP contribution in [-0.2, 0) is 4.79 Å². The molecule has 1 unspecified atom stereocenters. The number of aliphatic hydroxyl groups excluding tert-OH is 1. The van der Waals surface area contributed by atoms with Gasteiger partial charge in [0.05, 0.1) is 0 Å². The van der Waals surface area contributed by atoms with E-state index in [-0.39, 0.29) is 19.1 Å². The Morgan fingerprint density at radius 1 is 1.10 bits per heavy atom. The minimum atomic E-state index is -0.729. The highest BCUT2D eigenvalue weighted by Gasteiger charge is 1.99. The van der Waals surface area contributed by atoms with Gasteiger partial charge >= 0.3 is 5.97 Å². The van der Waals surface area contributed by atoms with Crippen molar-refractivity contribution in [3.8, 4) is 0 Å². The minimum absolute atomic E-state index is 0.0365. The molecule has 0 radical (unpaired) electrons. The first-order valence-electron chi connectivity index (χ1n) is 7.23.